The molecule has 0 aliphatic carbocycles. The largest absolute Gasteiger partial charge is 0.354 e. The van der Waals surface area contributed by atoms with Gasteiger partial charge in [-0.25, -0.2) is 0 Å². The number of hydrogen-bond acceptors (Lipinski definition) is 0. The van der Waals surface area contributed by atoms with E-state index < -0.39 is 0 Å². The highest BCUT2D eigenvalue weighted by molar-refractivity contribution is 6.27. The van der Waals surface area contributed by atoms with E-state index in [-0.39, 0.29) is 0 Å². The smallest absolute Gasteiger partial charge is 0.0544 e. The minimum absolute atomic E-state index is 1.16. The molecular weight excluding hydrogens is 591 g/mol. The van der Waals surface area contributed by atoms with Crippen LogP contribution in [0.2, 0.25) is 0 Å². The van der Waals surface area contributed by atoms with E-state index in [9.17, 15) is 0 Å². The number of benzene rings is 10. The van der Waals surface area contributed by atoms with E-state index in [1.54, 1.807) is 0 Å². The van der Waals surface area contributed by atoms with E-state index >= 15 is 0 Å². The lowest BCUT2D eigenvalue weighted by Crippen LogP contribution is -1.91. The third kappa shape index (κ3) is 3.76. The van der Waals surface area contributed by atoms with Crippen molar-refractivity contribution in [2.24, 2.45) is 0 Å². The first-order chi connectivity index (χ1) is 24.3. The van der Waals surface area contributed by atoms with Crippen LogP contribution in [0.5, 0.6) is 0 Å². The summed E-state index contributed by atoms with van der Waals surface area (Å²) >= 11 is 0. The molecule has 1 nitrogen and oxygen atoms in total. The van der Waals surface area contributed by atoms with E-state index in [0.29, 0.717) is 0 Å². The molecule has 0 saturated carbocycles. The van der Waals surface area contributed by atoms with Gasteiger partial charge >= 0.3 is 0 Å². The van der Waals surface area contributed by atoms with Crippen LogP contribution in [0.15, 0.2) is 170 Å². The minimum Gasteiger partial charge on any atom is -0.354 e. The Bertz CT molecular complexity index is 3070. The Hall–Kier alpha value is -6.44. The van der Waals surface area contributed by atoms with Crippen molar-refractivity contribution < 1.29 is 0 Å². The van der Waals surface area contributed by atoms with E-state index in [4.69, 9.17) is 0 Å². The molecule has 0 unspecified atom stereocenters. The zero-order chi connectivity index (χ0) is 32.1. The molecule has 0 aliphatic heterocycles. The van der Waals surface area contributed by atoms with Gasteiger partial charge in [-0.3, -0.25) is 0 Å². The Balaban J connectivity index is 1.20. The Kier molecular flexibility index (Phi) is 5.45. The minimum atomic E-state index is 1.16. The maximum absolute atomic E-state index is 3.81. The lowest BCUT2D eigenvalue weighted by Gasteiger charge is -2.18. The Morgan fingerprint density at radius 2 is 0.673 bits per heavy atom. The third-order valence-corrected chi connectivity index (χ3v) is 10.8. The van der Waals surface area contributed by atoms with Crippen LogP contribution in [-0.4, -0.2) is 4.98 Å². The number of H-pyrrole nitrogens is 1. The summed E-state index contributed by atoms with van der Waals surface area (Å²) in [5.41, 5.74) is 7.38. The first-order valence-electron chi connectivity index (χ1n) is 17.0. The molecule has 0 amide bonds. The van der Waals surface area contributed by atoms with Crippen molar-refractivity contribution in [2.45, 2.75) is 0 Å². The van der Waals surface area contributed by atoms with Crippen LogP contribution in [-0.2, 0) is 0 Å². The van der Waals surface area contributed by atoms with Crippen LogP contribution < -0.4 is 0 Å². The number of aromatic nitrogens is 1. The molecule has 0 bridgehead atoms. The third-order valence-electron chi connectivity index (χ3n) is 10.8. The molecule has 1 heterocycles. The molecule has 0 aliphatic rings. The number of hydrogen-bond donors (Lipinski definition) is 1. The first kappa shape index (κ1) is 26.6. The van der Waals surface area contributed by atoms with Gasteiger partial charge in [-0.05, 0) is 93.6 Å². The van der Waals surface area contributed by atoms with E-state index in [2.05, 4.69) is 175 Å². The summed E-state index contributed by atoms with van der Waals surface area (Å²) in [7, 11) is 0. The van der Waals surface area contributed by atoms with Gasteiger partial charge in [0.1, 0.15) is 0 Å². The monoisotopic (exact) mass is 619 g/mol. The van der Waals surface area contributed by atoms with Crippen LogP contribution in [0.4, 0.5) is 0 Å². The fourth-order valence-corrected chi connectivity index (χ4v) is 8.62. The molecule has 1 heteroatoms. The van der Waals surface area contributed by atoms with Gasteiger partial charge in [-0.2, -0.15) is 0 Å². The van der Waals surface area contributed by atoms with Gasteiger partial charge in [0.2, 0.25) is 0 Å². The summed E-state index contributed by atoms with van der Waals surface area (Å²) in [5, 5.41) is 17.9. The standard InChI is InChI=1S/C48H29N/c1-2-12-32-29(11-1)21-26-43-38-25-23-31(28-45(38)49-48(32)43)47-41-19-9-7-17-39(41)46(40-18-8-10-20-42(40)47)30-22-24-37-35-15-4-3-13-33(35)34-14-5-6-16-36(34)44(37)27-30/h1-28,49H. The average Bonchev–Trinajstić information content (AvgIpc) is 3.55. The fraction of sp³-hybridized carbons (Fsp3) is 0. The molecule has 0 atom stereocenters. The maximum Gasteiger partial charge on any atom is 0.0544 e. The highest BCUT2D eigenvalue weighted by Crippen LogP contribution is 2.46. The number of aromatic amines is 1. The van der Waals surface area contributed by atoms with Gasteiger partial charge < -0.3 is 4.98 Å². The predicted molar refractivity (Wildman–Crippen MR) is 212 cm³/mol. The zero-order valence-corrected chi connectivity index (χ0v) is 26.7. The van der Waals surface area contributed by atoms with Crippen molar-refractivity contribution in [2.75, 3.05) is 0 Å². The van der Waals surface area contributed by atoms with Gasteiger partial charge in [-0.1, -0.05) is 158 Å². The Morgan fingerprint density at radius 3 is 1.24 bits per heavy atom. The quantitative estimate of drug-likeness (QED) is 0.146. The molecule has 0 spiro atoms. The Morgan fingerprint density at radius 1 is 0.265 bits per heavy atom. The van der Waals surface area contributed by atoms with E-state index in [1.807, 2.05) is 0 Å². The van der Waals surface area contributed by atoms with Crippen LogP contribution in [0.1, 0.15) is 0 Å². The molecule has 10 aromatic carbocycles. The van der Waals surface area contributed by atoms with Crippen molar-refractivity contribution in [3.05, 3.63) is 170 Å². The summed E-state index contributed by atoms with van der Waals surface area (Å²) in [6.07, 6.45) is 0. The van der Waals surface area contributed by atoms with Gasteiger partial charge in [-0.15, -0.1) is 0 Å². The normalized spacial score (nSPS) is 12.1. The lowest BCUT2D eigenvalue weighted by atomic mass is 9.85. The van der Waals surface area contributed by atoms with E-state index in [1.165, 1.54) is 103 Å². The van der Waals surface area contributed by atoms with Gasteiger partial charge in [0, 0.05) is 21.7 Å². The van der Waals surface area contributed by atoms with Crippen LogP contribution in [0, 0.1) is 0 Å². The van der Waals surface area contributed by atoms with Gasteiger partial charge in [0.25, 0.3) is 0 Å². The first-order valence-corrected chi connectivity index (χ1v) is 17.0. The van der Waals surface area contributed by atoms with Crippen LogP contribution in [0.25, 0.3) is 109 Å². The molecule has 11 aromatic rings. The molecule has 0 fully saturated rings. The molecule has 226 valence electrons. The van der Waals surface area contributed by atoms with E-state index in [0.717, 1.165) is 5.52 Å². The zero-order valence-electron chi connectivity index (χ0n) is 26.7. The molecule has 11 rings (SSSR count). The average molecular weight is 620 g/mol. The summed E-state index contributed by atoms with van der Waals surface area (Å²) in [5.74, 6) is 0. The maximum atomic E-state index is 3.81. The summed E-state index contributed by atoms with van der Waals surface area (Å²) < 4.78 is 0. The second-order valence-electron chi connectivity index (χ2n) is 13.3. The van der Waals surface area contributed by atoms with Crippen molar-refractivity contribution >= 4 is 86.4 Å². The Labute approximate surface area is 282 Å². The summed E-state index contributed by atoms with van der Waals surface area (Å²) in [6.45, 7) is 0. The molecular formula is C48H29N. The lowest BCUT2D eigenvalue weighted by molar-refractivity contribution is 1.56. The fourth-order valence-electron chi connectivity index (χ4n) is 8.62. The summed E-state index contributed by atoms with van der Waals surface area (Å²) in [4.78, 5) is 3.81. The second kappa shape index (κ2) is 10.0. The number of nitrogens with one attached hydrogen (secondary N) is 1. The van der Waals surface area contributed by atoms with Crippen molar-refractivity contribution in [3.63, 3.8) is 0 Å². The van der Waals surface area contributed by atoms with Crippen molar-refractivity contribution in [1.29, 1.82) is 0 Å². The summed E-state index contributed by atoms with van der Waals surface area (Å²) in [6, 6.07) is 62.8. The number of rotatable bonds is 2. The molecule has 0 radical (unpaired) electrons. The molecule has 49 heavy (non-hydrogen) atoms. The predicted octanol–water partition coefficient (Wildman–Crippen LogP) is 13.6. The van der Waals surface area contributed by atoms with Gasteiger partial charge in [0.15, 0.2) is 0 Å². The van der Waals surface area contributed by atoms with Gasteiger partial charge in [0.05, 0.1) is 5.52 Å². The number of fused-ring (bicyclic) bond motifs is 13. The second-order valence-corrected chi connectivity index (χ2v) is 13.3. The molecule has 1 aromatic heterocycles. The molecule has 1 N–H and O–H groups in total. The SMILES string of the molecule is c1ccc2c(c1)ccc1c3ccc(-c4c5ccccc5c(-c5ccc6c7ccccc7c7ccccc7c6c5)c5ccccc45)cc3[nH]c21. The highest BCUT2D eigenvalue weighted by atomic mass is 14.7. The van der Waals surface area contributed by atoms with Crippen molar-refractivity contribution in [1.82, 2.24) is 4.98 Å². The van der Waals surface area contributed by atoms with Crippen LogP contribution in [0.3, 0.4) is 0 Å². The topological polar surface area (TPSA) is 15.8 Å². The van der Waals surface area contributed by atoms with Crippen LogP contribution >= 0.6 is 0 Å². The highest BCUT2D eigenvalue weighted by Gasteiger charge is 2.19. The van der Waals surface area contributed by atoms with Crippen molar-refractivity contribution in [3.8, 4) is 22.3 Å². The molecule has 0 saturated heterocycles.